The van der Waals surface area contributed by atoms with Gasteiger partial charge in [-0.05, 0) is 33.7 Å². The average molecular weight is 309 g/mol. The quantitative estimate of drug-likeness (QED) is 0.444. The van der Waals surface area contributed by atoms with Crippen LogP contribution in [0.1, 0.15) is 0 Å². The highest BCUT2D eigenvalue weighted by molar-refractivity contribution is 7.45. The molecule has 0 aliphatic carbocycles. The summed E-state index contributed by atoms with van der Waals surface area (Å²) in [6.45, 7) is 12.6. The zero-order valence-corrected chi connectivity index (χ0v) is 15.7. The van der Waals surface area contributed by atoms with E-state index in [0.29, 0.717) is 0 Å². The summed E-state index contributed by atoms with van der Waals surface area (Å²) in [6, 6.07) is 20.5. The van der Waals surface area contributed by atoms with E-state index >= 15 is 0 Å². The van der Waals surface area contributed by atoms with Crippen LogP contribution < -0.4 is 5.19 Å². The molecule has 3 rings (SSSR count). The molecule has 3 aromatic rings. The van der Waals surface area contributed by atoms with E-state index in [2.05, 4.69) is 87.3 Å². The number of hydrogen-bond donors (Lipinski definition) is 0. The lowest BCUT2D eigenvalue weighted by molar-refractivity contribution is 1.71. The Hall–Kier alpha value is -1.39. The average Bonchev–Trinajstić information content (AvgIpc) is 2.43. The predicted octanol–water partition coefficient (Wildman–Crippen LogP) is 5.33. The first-order chi connectivity index (χ1) is 9.79. The Labute approximate surface area is 129 Å². The van der Waals surface area contributed by atoms with Crippen LogP contribution in [0.2, 0.25) is 32.7 Å². The summed E-state index contributed by atoms with van der Waals surface area (Å²) in [5, 5.41) is 7.04. The van der Waals surface area contributed by atoms with Gasteiger partial charge in [-0.1, -0.05) is 80.4 Å². The molecule has 0 aromatic heterocycles. The molecule has 0 unspecified atom stereocenters. The van der Waals surface area contributed by atoms with Crippen molar-refractivity contribution in [1.29, 1.82) is 0 Å². The van der Waals surface area contributed by atoms with Gasteiger partial charge in [0.25, 0.3) is 0 Å². The highest BCUT2D eigenvalue weighted by atomic mass is 29.3. The summed E-state index contributed by atoms with van der Waals surface area (Å²) in [5.41, 5.74) is 0. The molecule has 2 heteroatoms. The number of fused-ring (bicyclic) bond motifs is 2. The first kappa shape index (κ1) is 14.5. The van der Waals surface area contributed by atoms with Crippen LogP contribution in [-0.4, -0.2) is 15.2 Å². The van der Waals surface area contributed by atoms with Crippen molar-refractivity contribution < 1.29 is 0 Å². The van der Waals surface area contributed by atoms with Gasteiger partial charge in [-0.15, -0.1) is 0 Å². The molecule has 0 atom stereocenters. The Kier molecular flexibility index (Phi) is 3.34. The smallest absolute Gasteiger partial charge is 0.0712 e. The van der Waals surface area contributed by atoms with Crippen LogP contribution in [0.25, 0.3) is 21.5 Å². The molecule has 0 amide bonds. The molecule has 0 bridgehead atoms. The van der Waals surface area contributed by atoms with Crippen molar-refractivity contribution in [2.24, 2.45) is 0 Å². The van der Waals surface area contributed by atoms with Crippen molar-refractivity contribution in [2.45, 2.75) is 32.7 Å². The van der Waals surface area contributed by atoms with Crippen molar-refractivity contribution in [3.8, 4) is 0 Å². The summed E-state index contributed by atoms with van der Waals surface area (Å²) >= 11 is 0. The third-order valence-corrected chi connectivity index (χ3v) is 22.9. The molecule has 0 spiro atoms. The van der Waals surface area contributed by atoms with Crippen LogP contribution in [-0.2, 0) is 0 Å². The Morgan fingerprint density at radius 3 is 1.67 bits per heavy atom. The Morgan fingerprint density at radius 1 is 0.571 bits per heavy atom. The van der Waals surface area contributed by atoms with E-state index in [1.165, 1.54) is 21.5 Å². The van der Waals surface area contributed by atoms with Gasteiger partial charge >= 0.3 is 0 Å². The largest absolute Gasteiger partial charge is 0.0736 e. The number of rotatable bonds is 2. The molecular weight excluding hydrogens is 284 g/mol. The van der Waals surface area contributed by atoms with Crippen LogP contribution in [0.4, 0.5) is 0 Å². The third-order valence-electron chi connectivity index (χ3n) is 5.30. The Morgan fingerprint density at radius 2 is 1.10 bits per heavy atom. The van der Waals surface area contributed by atoms with Crippen molar-refractivity contribution in [3.63, 3.8) is 0 Å². The fourth-order valence-corrected chi connectivity index (χ4v) is 7.71. The molecule has 0 heterocycles. The maximum absolute atomic E-state index is 2.54. The van der Waals surface area contributed by atoms with E-state index in [-0.39, 0.29) is 0 Å². The monoisotopic (exact) mass is 308 g/mol. The number of benzene rings is 3. The van der Waals surface area contributed by atoms with Gasteiger partial charge < -0.3 is 0 Å². The lowest BCUT2D eigenvalue weighted by Gasteiger charge is -2.36. The summed E-state index contributed by atoms with van der Waals surface area (Å²) in [4.78, 5) is 0. The SMILES string of the molecule is C[Si](C)(C)[Si](C)(C)c1ccc2cc3ccccc3cc2c1. The Bertz CT molecular complexity index is 811. The molecule has 0 N–H and O–H groups in total. The zero-order chi connectivity index (χ0) is 15.3. The normalized spacial score (nSPS) is 13.0. The topological polar surface area (TPSA) is 0 Å². The van der Waals surface area contributed by atoms with Gasteiger partial charge in [0.05, 0.1) is 7.59 Å². The fourth-order valence-electron chi connectivity index (χ4n) is 2.76. The Balaban J connectivity index is 2.22. The van der Waals surface area contributed by atoms with Crippen LogP contribution in [0.15, 0.2) is 54.6 Å². The third kappa shape index (κ3) is 2.47. The van der Waals surface area contributed by atoms with Gasteiger partial charge in [0.1, 0.15) is 0 Å². The van der Waals surface area contributed by atoms with Gasteiger partial charge in [0.15, 0.2) is 0 Å². The van der Waals surface area contributed by atoms with Gasteiger partial charge in [-0.25, -0.2) is 0 Å². The molecule has 108 valence electrons. The molecule has 0 saturated heterocycles. The molecule has 0 fully saturated rings. The van der Waals surface area contributed by atoms with E-state index in [4.69, 9.17) is 0 Å². The second-order valence-electron chi connectivity index (χ2n) is 7.64. The van der Waals surface area contributed by atoms with E-state index in [1.54, 1.807) is 5.19 Å². The van der Waals surface area contributed by atoms with Gasteiger partial charge in [0, 0.05) is 7.59 Å². The summed E-state index contributed by atoms with van der Waals surface area (Å²) in [6.07, 6.45) is 0. The van der Waals surface area contributed by atoms with E-state index in [9.17, 15) is 0 Å². The molecular formula is C19H24Si2. The van der Waals surface area contributed by atoms with Crippen LogP contribution >= 0.6 is 0 Å². The molecule has 0 radical (unpaired) electrons. The molecule has 3 aromatic carbocycles. The molecule has 21 heavy (non-hydrogen) atoms. The van der Waals surface area contributed by atoms with Crippen molar-refractivity contribution in [1.82, 2.24) is 0 Å². The van der Waals surface area contributed by atoms with Crippen molar-refractivity contribution in [3.05, 3.63) is 54.6 Å². The van der Waals surface area contributed by atoms with E-state index in [1.807, 2.05) is 0 Å². The van der Waals surface area contributed by atoms with Crippen LogP contribution in [0, 0.1) is 0 Å². The van der Waals surface area contributed by atoms with Crippen molar-refractivity contribution >= 4 is 41.9 Å². The second kappa shape index (κ2) is 4.82. The van der Waals surface area contributed by atoms with Gasteiger partial charge in [-0.3, -0.25) is 0 Å². The summed E-state index contributed by atoms with van der Waals surface area (Å²) < 4.78 is 0. The van der Waals surface area contributed by atoms with Crippen LogP contribution in [0.3, 0.4) is 0 Å². The highest BCUT2D eigenvalue weighted by Crippen LogP contribution is 2.25. The maximum atomic E-state index is 2.54. The van der Waals surface area contributed by atoms with Crippen molar-refractivity contribution in [2.75, 3.05) is 0 Å². The minimum atomic E-state index is -1.33. The fraction of sp³-hybridized carbons (Fsp3) is 0.263. The maximum Gasteiger partial charge on any atom is 0.0736 e. The first-order valence-corrected chi connectivity index (χ1v) is 15.2. The summed E-state index contributed by atoms with van der Waals surface area (Å²) in [7, 11) is -2.45. The first-order valence-electron chi connectivity index (χ1n) is 7.72. The minimum Gasteiger partial charge on any atom is -0.0712 e. The molecule has 0 nitrogen and oxygen atoms in total. The highest BCUT2D eigenvalue weighted by Gasteiger charge is 2.38. The van der Waals surface area contributed by atoms with E-state index < -0.39 is 15.2 Å². The standard InChI is InChI=1S/C19H24Si2/c1-20(2,3)21(4,5)19-11-10-17-12-15-8-6-7-9-16(15)13-18(17)14-19/h6-14H,1-5H3. The predicted molar refractivity (Wildman–Crippen MR) is 102 cm³/mol. The van der Waals surface area contributed by atoms with Crippen LogP contribution in [0.5, 0.6) is 0 Å². The molecule has 0 aliphatic rings. The van der Waals surface area contributed by atoms with Gasteiger partial charge in [0.2, 0.25) is 0 Å². The summed E-state index contributed by atoms with van der Waals surface area (Å²) in [5.74, 6) is 0. The minimum absolute atomic E-state index is 1.13. The lowest BCUT2D eigenvalue weighted by Crippen LogP contribution is -2.61. The molecule has 0 saturated carbocycles. The number of hydrogen-bond acceptors (Lipinski definition) is 0. The zero-order valence-electron chi connectivity index (χ0n) is 13.7. The lowest BCUT2D eigenvalue weighted by atomic mass is 10.0. The van der Waals surface area contributed by atoms with E-state index in [0.717, 1.165) is 0 Å². The molecule has 0 aliphatic heterocycles. The van der Waals surface area contributed by atoms with Gasteiger partial charge in [-0.2, -0.15) is 0 Å². The second-order valence-corrected chi connectivity index (χ2v) is 24.2.